The van der Waals surface area contributed by atoms with E-state index in [0.29, 0.717) is 32.1 Å². The number of nitrogens with zero attached hydrogens (tertiary/aromatic N) is 4. The number of carbonyl (C=O) groups is 8. The molecule has 1 saturated carbocycles. The molecule has 2 N–H and O–H groups in total. The van der Waals surface area contributed by atoms with Crippen molar-refractivity contribution in [2.24, 2.45) is 35.5 Å². The predicted molar refractivity (Wildman–Crippen MR) is 257 cm³/mol. The van der Waals surface area contributed by atoms with Gasteiger partial charge in [0.15, 0.2) is 5.78 Å². The molecule has 68 heavy (non-hydrogen) atoms. The standard InChI is InChI=1S/C52H79N5O11/c1-13-32(6)48(55(10)51(64)37(30(2)3)28-41(58)47(31(4)5)54(9)43(59)21-15-14-18-24-56-44(60)22-23-45(56)61)42(67-11)29-46(62)57-39-26-36(39)27-40(57)49(68-12)34(8)50(63)53-38(52(65)66)25-35-20-17-16-19-33(35)7/h16-17,19-20,22-23,30-32,34,36-40,42,47-49H,13-15,18,21,24-29H2,1-12H3,(H,53,63)(H,65,66)/t32-,34+,36-,37-,38-,39-,40-,42+,47-,48-,49+/m0/s1. The Bertz CT molecular complexity index is 1990. The summed E-state index contributed by atoms with van der Waals surface area (Å²) in [6.45, 7) is 15.5. The molecule has 2 aliphatic heterocycles. The Hall–Kier alpha value is -4.96. The molecule has 6 amide bonds. The molecule has 2 fully saturated rings. The quantitative estimate of drug-likeness (QED) is 0.0824. The van der Waals surface area contributed by atoms with Crippen LogP contribution in [0.1, 0.15) is 117 Å². The highest BCUT2D eigenvalue weighted by Crippen LogP contribution is 2.50. The number of benzene rings is 1. The Kier molecular flexibility index (Phi) is 20.5. The molecule has 0 unspecified atom stereocenters. The number of likely N-dealkylation sites (N-methyl/N-ethyl adjacent to an activating group) is 2. The number of aryl methyl sites for hydroxylation is 1. The number of imide groups is 1. The van der Waals surface area contributed by atoms with Gasteiger partial charge in [-0.15, -0.1) is 0 Å². The molecular formula is C52H79N5O11. The highest BCUT2D eigenvalue weighted by atomic mass is 16.5. The SMILES string of the molecule is CC[C@H](C)[C@@H]([C@@H](CC(=O)N1[C@H]2C[C@H]2C[C@H]1[C@H](OC)[C@@H](C)C(=O)N[C@@H](Cc1ccccc1C)C(=O)O)OC)N(C)C(=O)[C@@H](CC(=O)[C@H](C(C)C)N(C)C(=O)CCCCCN1C(=O)C=CC1=O)C(C)C. The predicted octanol–water partition coefficient (Wildman–Crippen LogP) is 5.23. The number of aliphatic carboxylic acids is 1. The lowest BCUT2D eigenvalue weighted by Crippen LogP contribution is -2.55. The molecule has 1 aromatic rings. The fourth-order valence-electron chi connectivity index (χ4n) is 10.5. The van der Waals surface area contributed by atoms with Gasteiger partial charge < -0.3 is 34.6 Å². The van der Waals surface area contributed by atoms with Crippen LogP contribution < -0.4 is 5.32 Å². The largest absolute Gasteiger partial charge is 0.480 e. The first kappa shape index (κ1) is 55.6. The maximum atomic E-state index is 14.7. The normalized spacial score (nSPS) is 21.2. The van der Waals surface area contributed by atoms with Crippen LogP contribution >= 0.6 is 0 Å². The minimum atomic E-state index is -1.16. The van der Waals surface area contributed by atoms with Gasteiger partial charge in [-0.1, -0.05) is 85.6 Å². The molecule has 0 radical (unpaired) electrons. The lowest BCUT2D eigenvalue weighted by atomic mass is 9.83. The molecule has 1 saturated heterocycles. The molecule has 0 bridgehead atoms. The molecule has 3 aliphatic rings. The van der Waals surface area contributed by atoms with Crippen molar-refractivity contribution < 1.29 is 52.9 Å². The Morgan fingerprint density at radius 1 is 0.853 bits per heavy atom. The van der Waals surface area contributed by atoms with Crippen molar-refractivity contribution in [1.29, 1.82) is 0 Å². The zero-order valence-corrected chi connectivity index (χ0v) is 42.6. The molecule has 2 heterocycles. The zero-order valence-electron chi connectivity index (χ0n) is 42.6. The summed E-state index contributed by atoms with van der Waals surface area (Å²) in [5, 5.41) is 12.8. The fourth-order valence-corrected chi connectivity index (χ4v) is 10.5. The van der Waals surface area contributed by atoms with Crippen LogP contribution in [0.2, 0.25) is 0 Å². The van der Waals surface area contributed by atoms with Gasteiger partial charge in [0.1, 0.15) is 6.04 Å². The summed E-state index contributed by atoms with van der Waals surface area (Å²) in [5.41, 5.74) is 1.74. The summed E-state index contributed by atoms with van der Waals surface area (Å²) in [5.74, 6) is -4.97. The Balaban J connectivity index is 1.44. The Morgan fingerprint density at radius 3 is 2.06 bits per heavy atom. The molecule has 11 atom stereocenters. The minimum Gasteiger partial charge on any atom is -0.480 e. The fraction of sp³-hybridized carbons (Fsp3) is 0.692. The highest BCUT2D eigenvalue weighted by molar-refractivity contribution is 6.12. The topological polar surface area (TPSA) is 200 Å². The molecular weight excluding hydrogens is 871 g/mol. The van der Waals surface area contributed by atoms with Gasteiger partial charge in [-0.3, -0.25) is 38.5 Å². The number of methoxy groups -OCH3 is 2. The summed E-state index contributed by atoms with van der Waals surface area (Å²) in [6, 6.07) is 4.51. The lowest BCUT2D eigenvalue weighted by molar-refractivity contribution is -0.150. The van der Waals surface area contributed by atoms with Crippen molar-refractivity contribution in [3.8, 4) is 0 Å². The van der Waals surface area contributed by atoms with E-state index in [1.807, 2.05) is 77.6 Å². The lowest BCUT2D eigenvalue weighted by Gasteiger charge is -2.41. The number of rotatable bonds is 28. The number of carboxylic acid groups (broad SMARTS) is 1. The summed E-state index contributed by atoms with van der Waals surface area (Å²) < 4.78 is 12.1. The van der Waals surface area contributed by atoms with Gasteiger partial charge >= 0.3 is 5.97 Å². The van der Waals surface area contributed by atoms with Crippen molar-refractivity contribution in [1.82, 2.24) is 24.9 Å². The van der Waals surface area contributed by atoms with Crippen LogP contribution in [0.4, 0.5) is 0 Å². The number of carbonyl (C=O) groups excluding carboxylic acids is 7. The van der Waals surface area contributed by atoms with E-state index in [2.05, 4.69) is 5.32 Å². The second-order valence-corrected chi connectivity index (χ2v) is 20.2. The summed E-state index contributed by atoms with van der Waals surface area (Å²) in [6.07, 6.45) is 5.09. The number of likely N-dealkylation sites (tertiary alicyclic amines) is 1. The van der Waals surface area contributed by atoms with Crippen molar-refractivity contribution >= 4 is 47.2 Å². The third-order valence-electron chi connectivity index (χ3n) is 14.9. The van der Waals surface area contributed by atoms with E-state index >= 15 is 0 Å². The van der Waals surface area contributed by atoms with Gasteiger partial charge in [-0.05, 0) is 67.4 Å². The van der Waals surface area contributed by atoms with Gasteiger partial charge in [0, 0.05) is 78.2 Å². The van der Waals surface area contributed by atoms with E-state index in [1.54, 1.807) is 25.9 Å². The van der Waals surface area contributed by atoms with Crippen LogP contribution in [-0.2, 0) is 54.3 Å². The van der Waals surface area contributed by atoms with Gasteiger partial charge in [-0.25, -0.2) is 4.79 Å². The Morgan fingerprint density at radius 2 is 1.50 bits per heavy atom. The molecule has 0 aromatic heterocycles. The van der Waals surface area contributed by atoms with Crippen molar-refractivity contribution in [2.45, 2.75) is 162 Å². The van der Waals surface area contributed by atoms with Crippen LogP contribution in [0.25, 0.3) is 0 Å². The van der Waals surface area contributed by atoms with E-state index < -0.39 is 60.1 Å². The van der Waals surface area contributed by atoms with Crippen LogP contribution in [0.5, 0.6) is 0 Å². The average molecular weight is 950 g/mol. The van der Waals surface area contributed by atoms with Gasteiger partial charge in [0.25, 0.3) is 11.8 Å². The second kappa shape index (κ2) is 25.1. The van der Waals surface area contributed by atoms with E-state index in [9.17, 15) is 43.5 Å². The monoisotopic (exact) mass is 950 g/mol. The first-order chi connectivity index (χ1) is 32.1. The number of ketones is 1. The summed E-state index contributed by atoms with van der Waals surface area (Å²) >= 11 is 0. The van der Waals surface area contributed by atoms with Crippen molar-refractivity contribution in [3.05, 3.63) is 47.5 Å². The van der Waals surface area contributed by atoms with Gasteiger partial charge in [0.05, 0.1) is 42.7 Å². The molecule has 378 valence electrons. The third kappa shape index (κ3) is 13.6. The van der Waals surface area contributed by atoms with Gasteiger partial charge in [-0.2, -0.15) is 0 Å². The minimum absolute atomic E-state index is 0.0288. The summed E-state index contributed by atoms with van der Waals surface area (Å²) in [4.78, 5) is 113. The van der Waals surface area contributed by atoms with E-state index in [0.717, 1.165) is 17.5 Å². The van der Waals surface area contributed by atoms with E-state index in [-0.39, 0.29) is 97.3 Å². The van der Waals surface area contributed by atoms with E-state index in [1.165, 1.54) is 36.2 Å². The van der Waals surface area contributed by atoms with Crippen molar-refractivity contribution in [3.63, 3.8) is 0 Å². The maximum Gasteiger partial charge on any atom is 0.326 e. The van der Waals surface area contributed by atoms with Gasteiger partial charge in [0.2, 0.25) is 23.6 Å². The number of ether oxygens (including phenoxy) is 2. The maximum absolute atomic E-state index is 14.7. The Labute approximate surface area is 403 Å². The van der Waals surface area contributed by atoms with E-state index in [4.69, 9.17) is 9.47 Å². The number of nitrogens with one attached hydrogen (secondary N) is 1. The molecule has 1 aromatic carbocycles. The first-order valence-corrected chi connectivity index (χ1v) is 24.6. The smallest absolute Gasteiger partial charge is 0.326 e. The number of amides is 6. The third-order valence-corrected chi connectivity index (χ3v) is 14.9. The van der Waals surface area contributed by atoms with Crippen molar-refractivity contribution in [2.75, 3.05) is 34.9 Å². The number of Topliss-reactive ketones (excluding diaryl/α,β-unsaturated/α-hetero) is 1. The second-order valence-electron chi connectivity index (χ2n) is 20.2. The first-order valence-electron chi connectivity index (χ1n) is 24.6. The average Bonchev–Trinajstić information content (AvgIpc) is 3.84. The summed E-state index contributed by atoms with van der Waals surface area (Å²) in [7, 11) is 6.36. The molecule has 16 nitrogen and oxygen atoms in total. The number of fused-ring (bicyclic) bond motifs is 1. The van der Waals surface area contributed by atoms with Crippen LogP contribution in [-0.4, -0.2) is 149 Å². The van der Waals surface area contributed by atoms with Crippen LogP contribution in [0.3, 0.4) is 0 Å². The molecule has 4 rings (SSSR count). The highest BCUT2D eigenvalue weighted by Gasteiger charge is 2.57. The number of unbranched alkanes of at least 4 members (excludes halogenated alkanes) is 2. The number of piperidine rings is 1. The molecule has 0 spiro atoms. The number of hydrogen-bond donors (Lipinski definition) is 2. The number of hydrogen-bond acceptors (Lipinski definition) is 10. The van der Waals surface area contributed by atoms with Crippen LogP contribution in [0, 0.1) is 42.4 Å². The molecule has 1 aliphatic carbocycles. The van der Waals surface area contributed by atoms with Crippen LogP contribution in [0.15, 0.2) is 36.4 Å². The number of carboxylic acids is 1. The molecule has 16 heteroatoms. The zero-order chi connectivity index (χ0) is 50.7.